The number of aliphatic hydroxyl groups is 2. The Kier molecular flexibility index (Phi) is 8.03. The first-order valence-electron chi connectivity index (χ1n) is 10.8. The second-order valence-corrected chi connectivity index (χ2v) is 13.0. The van der Waals surface area contributed by atoms with Gasteiger partial charge in [0.15, 0.2) is 23.2 Å². The fourth-order valence-corrected chi connectivity index (χ4v) is 6.97. The molecule has 1 fully saturated rings. The second-order valence-electron chi connectivity index (χ2n) is 8.47. The number of hydrogen-bond donors (Lipinski definition) is 7. The normalized spacial score (nSPS) is 24.8. The number of nitrogens with one attached hydrogen (secondary N) is 2. The van der Waals surface area contributed by atoms with Crippen LogP contribution in [0.25, 0.3) is 11.2 Å². The van der Waals surface area contributed by atoms with Crippen molar-refractivity contribution in [1.29, 1.82) is 0 Å². The molecule has 1 aliphatic heterocycles. The van der Waals surface area contributed by atoms with Crippen molar-refractivity contribution in [3.05, 3.63) is 47.3 Å². The molecular weight excluding hydrogens is 557 g/mol. The lowest BCUT2D eigenvalue weighted by atomic mass is 10.1. The third-order valence-corrected chi connectivity index (χ3v) is 9.50. The van der Waals surface area contributed by atoms with Gasteiger partial charge in [0.25, 0.3) is 7.52 Å². The van der Waals surface area contributed by atoms with Gasteiger partial charge >= 0.3 is 7.60 Å². The summed E-state index contributed by atoms with van der Waals surface area (Å²) in [7, 11) is -9.26. The summed E-state index contributed by atoms with van der Waals surface area (Å²) in [5.74, 6) is -1.56. The molecule has 0 aliphatic carbocycles. The Morgan fingerprint density at radius 3 is 2.57 bits per heavy atom. The Morgan fingerprint density at radius 2 is 1.89 bits per heavy atom. The van der Waals surface area contributed by atoms with Gasteiger partial charge in [-0.15, -0.1) is 0 Å². The number of ether oxygens (including phenoxy) is 1. The van der Waals surface area contributed by atoms with Crippen LogP contribution < -0.4 is 10.4 Å². The van der Waals surface area contributed by atoms with Gasteiger partial charge in [0.05, 0.1) is 12.4 Å². The van der Waals surface area contributed by atoms with Crippen molar-refractivity contribution >= 4 is 43.7 Å². The smallest absolute Gasteiger partial charge is 0.336 e. The van der Waals surface area contributed by atoms with E-state index in [0.717, 1.165) is 0 Å². The molecule has 0 radical (unpaired) electrons. The molecular formula is C19H24ClFN6O8P2. The average Bonchev–Trinajstić information content (AvgIpc) is 3.32. The lowest BCUT2D eigenvalue weighted by molar-refractivity contribution is -0.0331. The van der Waals surface area contributed by atoms with E-state index in [0.29, 0.717) is 5.56 Å². The summed E-state index contributed by atoms with van der Waals surface area (Å²) in [6.07, 6.45) is -4.30. The van der Waals surface area contributed by atoms with Crippen molar-refractivity contribution in [3.8, 4) is 0 Å². The largest absolute Gasteiger partial charge is 0.387 e. The zero-order valence-corrected chi connectivity index (χ0v) is 21.6. The number of imidazole rings is 1. The first-order valence-corrected chi connectivity index (χ1v) is 14.8. The summed E-state index contributed by atoms with van der Waals surface area (Å²) < 4.78 is 44.2. The fraction of sp³-hybridized carbons (Fsp3) is 0.421. The molecule has 202 valence electrons. The second kappa shape index (κ2) is 10.6. The van der Waals surface area contributed by atoms with Crippen LogP contribution in [0.5, 0.6) is 0 Å². The van der Waals surface area contributed by atoms with Crippen LogP contribution in [0.3, 0.4) is 0 Å². The molecule has 4 rings (SSSR count). The summed E-state index contributed by atoms with van der Waals surface area (Å²) in [6.45, 7) is 1.21. The Hall–Kier alpha value is -2.03. The third-order valence-electron chi connectivity index (χ3n) is 5.65. The van der Waals surface area contributed by atoms with Gasteiger partial charge in [-0.25, -0.2) is 14.5 Å². The molecule has 1 saturated heterocycles. The van der Waals surface area contributed by atoms with E-state index in [-0.39, 0.29) is 22.3 Å². The predicted octanol–water partition coefficient (Wildman–Crippen LogP) is 1.32. The molecule has 0 saturated carbocycles. The van der Waals surface area contributed by atoms with Gasteiger partial charge in [-0.3, -0.25) is 13.7 Å². The van der Waals surface area contributed by atoms with E-state index in [1.54, 1.807) is 25.1 Å². The van der Waals surface area contributed by atoms with Crippen molar-refractivity contribution in [2.45, 2.75) is 37.5 Å². The molecule has 3 heterocycles. The van der Waals surface area contributed by atoms with E-state index >= 15 is 0 Å². The Balaban J connectivity index is 1.56. The number of nitrogens with zero attached hydrogens (tertiary/aromatic N) is 4. The number of rotatable bonds is 9. The number of fused-ring (bicyclic) bond motifs is 1. The zero-order chi connectivity index (χ0) is 27.1. The number of aliphatic hydroxyl groups excluding tert-OH is 2. The van der Waals surface area contributed by atoms with E-state index < -0.39 is 64.0 Å². The monoisotopic (exact) mass is 580 g/mol. The molecule has 37 heavy (non-hydrogen) atoms. The summed E-state index contributed by atoms with van der Waals surface area (Å²) in [5, 5.41) is 25.9. The van der Waals surface area contributed by atoms with Crippen molar-refractivity contribution in [1.82, 2.24) is 24.6 Å². The minimum Gasteiger partial charge on any atom is -0.387 e. The third kappa shape index (κ3) is 6.35. The summed E-state index contributed by atoms with van der Waals surface area (Å²) in [5.41, 5.74) is 0.695. The number of aromatic nitrogens is 4. The highest BCUT2D eigenvalue weighted by atomic mass is 35.5. The van der Waals surface area contributed by atoms with Crippen LogP contribution in [0.4, 0.5) is 10.2 Å². The Bertz CT molecular complexity index is 1390. The van der Waals surface area contributed by atoms with Gasteiger partial charge in [-0.2, -0.15) is 9.97 Å². The standard InChI is InChI=1S/C19H24ClFN6O8P2/c1-9(10-4-2-3-5-11(10)21)24-16-13-17(26-19(20)25-16)27(7-22-13)18-15(29)14(28)12(35-18)6-23-36(30,31)8-37(32,33)34/h2-5,7,9,12,14-15,18,28-29H,6,8H2,1H3,(H2,23,30,31)(H,24,25,26)(H2,32,33,34)/t9-,12+,14?,15-,18+/m0/s1. The predicted molar refractivity (Wildman–Crippen MR) is 129 cm³/mol. The molecule has 7 N–H and O–H groups in total. The van der Waals surface area contributed by atoms with E-state index in [2.05, 4.69) is 25.4 Å². The maximum Gasteiger partial charge on any atom is 0.336 e. The van der Waals surface area contributed by atoms with Gasteiger partial charge in [-0.05, 0) is 24.6 Å². The molecule has 0 bridgehead atoms. The summed E-state index contributed by atoms with van der Waals surface area (Å²) in [6, 6.07) is 5.64. The zero-order valence-electron chi connectivity index (χ0n) is 19.1. The van der Waals surface area contributed by atoms with E-state index in [1.807, 2.05) is 0 Å². The SMILES string of the molecule is C[C@H](Nc1nc(Cl)nc2c1ncn2[C@@H]1O[C@H](CNP(=O)(O)CP(=O)(O)O)C(O)[C@@H]1O)c1ccccc1F. The number of halogens is 2. The topological polar surface area (TPSA) is 212 Å². The molecule has 0 amide bonds. The van der Waals surface area contributed by atoms with E-state index in [4.69, 9.17) is 26.1 Å². The minimum atomic E-state index is -4.79. The van der Waals surface area contributed by atoms with Crippen molar-refractivity contribution in [2.24, 2.45) is 0 Å². The molecule has 6 atom stereocenters. The number of hydrogen-bond acceptors (Lipinski definition) is 9. The maximum atomic E-state index is 14.2. The highest BCUT2D eigenvalue weighted by Gasteiger charge is 2.45. The van der Waals surface area contributed by atoms with Gasteiger partial charge in [0.1, 0.15) is 30.0 Å². The van der Waals surface area contributed by atoms with Crippen LogP contribution in [0, 0.1) is 5.82 Å². The number of benzene rings is 1. The lowest BCUT2D eigenvalue weighted by Crippen LogP contribution is -2.37. The molecule has 2 unspecified atom stereocenters. The minimum absolute atomic E-state index is 0.113. The van der Waals surface area contributed by atoms with Gasteiger partial charge in [0.2, 0.25) is 5.28 Å². The average molecular weight is 581 g/mol. The van der Waals surface area contributed by atoms with Gasteiger partial charge < -0.3 is 34.9 Å². The molecule has 3 aromatic rings. The van der Waals surface area contributed by atoms with Crippen LogP contribution >= 0.6 is 26.7 Å². The lowest BCUT2D eigenvalue weighted by Gasteiger charge is -2.19. The van der Waals surface area contributed by atoms with Crippen molar-refractivity contribution in [3.63, 3.8) is 0 Å². The van der Waals surface area contributed by atoms with E-state index in [1.165, 1.54) is 17.0 Å². The molecule has 1 aromatic carbocycles. The number of anilines is 1. The van der Waals surface area contributed by atoms with Crippen LogP contribution in [0.1, 0.15) is 24.8 Å². The van der Waals surface area contributed by atoms with Crippen LogP contribution in [-0.4, -0.2) is 75.2 Å². The first kappa shape index (κ1) is 28.0. The quantitative estimate of drug-likeness (QED) is 0.141. The first-order chi connectivity index (χ1) is 17.3. The summed E-state index contributed by atoms with van der Waals surface area (Å²) >= 11 is 6.10. The summed E-state index contributed by atoms with van der Waals surface area (Å²) in [4.78, 5) is 40.2. The fourth-order valence-electron chi connectivity index (χ4n) is 3.95. The molecule has 14 nitrogen and oxygen atoms in total. The van der Waals surface area contributed by atoms with Crippen molar-refractivity contribution in [2.75, 3.05) is 17.8 Å². The van der Waals surface area contributed by atoms with Crippen LogP contribution in [-0.2, 0) is 13.9 Å². The van der Waals surface area contributed by atoms with Crippen LogP contribution in [0.2, 0.25) is 5.28 Å². The molecule has 2 aromatic heterocycles. The maximum absolute atomic E-state index is 14.2. The van der Waals surface area contributed by atoms with Crippen LogP contribution in [0.15, 0.2) is 30.6 Å². The Morgan fingerprint density at radius 1 is 1.19 bits per heavy atom. The van der Waals surface area contributed by atoms with Gasteiger partial charge in [0, 0.05) is 12.1 Å². The molecule has 0 spiro atoms. The molecule has 18 heteroatoms. The molecule has 1 aliphatic rings. The van der Waals surface area contributed by atoms with Gasteiger partial charge in [-0.1, -0.05) is 18.2 Å². The highest BCUT2D eigenvalue weighted by Crippen LogP contribution is 2.52. The highest BCUT2D eigenvalue weighted by molar-refractivity contribution is 7.71. The van der Waals surface area contributed by atoms with Crippen molar-refractivity contribution < 1.29 is 43.2 Å². The van der Waals surface area contributed by atoms with E-state index in [9.17, 15) is 28.6 Å². The Labute approximate surface area is 214 Å².